The van der Waals surface area contributed by atoms with Crippen molar-refractivity contribution in [2.24, 2.45) is 11.8 Å². The quantitative estimate of drug-likeness (QED) is 0.646. The first-order valence-electron chi connectivity index (χ1n) is 7.32. The highest BCUT2D eigenvalue weighted by Gasteiger charge is 2.17. The third-order valence-corrected chi connectivity index (χ3v) is 3.56. The number of hydrogen-bond donors (Lipinski definition) is 2. The highest BCUT2D eigenvalue weighted by molar-refractivity contribution is 5.36. The van der Waals surface area contributed by atoms with Gasteiger partial charge in [-0.1, -0.05) is 50.2 Å². The van der Waals surface area contributed by atoms with Gasteiger partial charge in [0.2, 0.25) is 0 Å². The van der Waals surface area contributed by atoms with Crippen LogP contribution in [0.1, 0.15) is 42.1 Å². The van der Waals surface area contributed by atoms with Gasteiger partial charge in [-0.15, -0.1) is 0 Å². The topological polar surface area (TPSA) is 38.0 Å². The van der Waals surface area contributed by atoms with E-state index in [-0.39, 0.29) is 11.9 Å². The van der Waals surface area contributed by atoms with Crippen molar-refractivity contribution in [1.29, 1.82) is 0 Å². The fourth-order valence-corrected chi connectivity index (χ4v) is 2.60. The lowest BCUT2D eigenvalue weighted by molar-refractivity contribution is 0.558. The molecule has 0 radical (unpaired) electrons. The van der Waals surface area contributed by atoms with Gasteiger partial charge in [-0.25, -0.2) is 9.82 Å². The number of nitrogens with one attached hydrogen (secondary N) is 1. The van der Waals surface area contributed by atoms with Crippen LogP contribution in [0.3, 0.4) is 0 Å². The smallest absolute Gasteiger partial charge is 0.128 e. The number of rotatable bonds is 5. The zero-order chi connectivity index (χ0) is 15.4. The minimum atomic E-state index is -0.335. The van der Waals surface area contributed by atoms with Gasteiger partial charge in [0.05, 0.1) is 6.04 Å². The molecule has 0 aliphatic carbocycles. The number of nitrogens with two attached hydrogens (primary N) is 1. The van der Waals surface area contributed by atoms with Crippen molar-refractivity contribution in [3.63, 3.8) is 0 Å². The normalized spacial score (nSPS) is 12.7. The molecule has 0 amide bonds. The third kappa shape index (κ3) is 3.90. The first-order valence-corrected chi connectivity index (χ1v) is 7.32. The van der Waals surface area contributed by atoms with E-state index in [9.17, 15) is 4.39 Å². The molecular formula is C18H23FN2. The summed E-state index contributed by atoms with van der Waals surface area (Å²) in [5.74, 6) is 6.03. The SMILES string of the molecule is Cc1ccc(C(NN)c2cccc(CC(C)C)c2)c(F)c1. The van der Waals surface area contributed by atoms with Crippen LogP contribution in [-0.2, 0) is 6.42 Å². The van der Waals surface area contributed by atoms with Crippen molar-refractivity contribution in [1.82, 2.24) is 5.43 Å². The van der Waals surface area contributed by atoms with Crippen molar-refractivity contribution in [3.05, 3.63) is 70.5 Å². The molecular weight excluding hydrogens is 263 g/mol. The number of aryl methyl sites for hydroxylation is 1. The van der Waals surface area contributed by atoms with Crippen molar-refractivity contribution in [2.45, 2.75) is 33.2 Å². The van der Waals surface area contributed by atoms with Crippen LogP contribution >= 0.6 is 0 Å². The minimum absolute atomic E-state index is 0.229. The summed E-state index contributed by atoms with van der Waals surface area (Å²) in [6.45, 7) is 6.25. The lowest BCUT2D eigenvalue weighted by Crippen LogP contribution is -2.29. The van der Waals surface area contributed by atoms with Gasteiger partial charge in [-0.2, -0.15) is 0 Å². The summed E-state index contributed by atoms with van der Waals surface area (Å²) in [5.41, 5.74) is 6.44. The maximum absolute atomic E-state index is 14.2. The number of hydrazine groups is 1. The molecule has 0 fully saturated rings. The fraction of sp³-hybridized carbons (Fsp3) is 0.333. The first-order chi connectivity index (χ1) is 10.0. The zero-order valence-electron chi connectivity index (χ0n) is 12.9. The lowest BCUT2D eigenvalue weighted by Gasteiger charge is -2.19. The Morgan fingerprint density at radius 1 is 1.14 bits per heavy atom. The Balaban J connectivity index is 2.37. The van der Waals surface area contributed by atoms with E-state index in [1.807, 2.05) is 25.1 Å². The van der Waals surface area contributed by atoms with Gasteiger partial charge in [0.15, 0.2) is 0 Å². The van der Waals surface area contributed by atoms with Gasteiger partial charge in [0.1, 0.15) is 5.82 Å². The Labute approximate surface area is 126 Å². The molecule has 0 bridgehead atoms. The molecule has 21 heavy (non-hydrogen) atoms. The van der Waals surface area contributed by atoms with E-state index < -0.39 is 0 Å². The molecule has 1 atom stereocenters. The standard InChI is InChI=1S/C18H23FN2/c1-12(2)9-14-5-4-6-15(11-14)18(21-20)16-8-7-13(3)10-17(16)19/h4-8,10-12,18,21H,9,20H2,1-3H3. The summed E-state index contributed by atoms with van der Waals surface area (Å²) < 4.78 is 14.2. The lowest BCUT2D eigenvalue weighted by atomic mass is 9.94. The molecule has 2 nitrogen and oxygen atoms in total. The molecule has 0 spiro atoms. The molecule has 0 saturated carbocycles. The minimum Gasteiger partial charge on any atom is -0.271 e. The highest BCUT2D eigenvalue weighted by Crippen LogP contribution is 2.25. The van der Waals surface area contributed by atoms with Crippen LogP contribution in [0, 0.1) is 18.7 Å². The van der Waals surface area contributed by atoms with Crippen molar-refractivity contribution >= 4 is 0 Å². The maximum Gasteiger partial charge on any atom is 0.128 e. The summed E-state index contributed by atoms with van der Waals surface area (Å²) in [6.07, 6.45) is 1.00. The molecule has 0 heterocycles. The second-order valence-electron chi connectivity index (χ2n) is 5.97. The molecule has 1 unspecified atom stereocenters. The van der Waals surface area contributed by atoms with Gasteiger partial charge in [-0.05, 0) is 42.0 Å². The van der Waals surface area contributed by atoms with Crippen LogP contribution in [0.2, 0.25) is 0 Å². The van der Waals surface area contributed by atoms with Gasteiger partial charge >= 0.3 is 0 Å². The highest BCUT2D eigenvalue weighted by atomic mass is 19.1. The predicted octanol–water partition coefficient (Wildman–Crippen LogP) is 3.89. The van der Waals surface area contributed by atoms with E-state index in [0.717, 1.165) is 17.5 Å². The van der Waals surface area contributed by atoms with Crippen LogP contribution in [0.4, 0.5) is 4.39 Å². The van der Waals surface area contributed by atoms with E-state index in [0.29, 0.717) is 11.5 Å². The second-order valence-corrected chi connectivity index (χ2v) is 5.97. The molecule has 112 valence electrons. The number of benzene rings is 2. The largest absolute Gasteiger partial charge is 0.271 e. The van der Waals surface area contributed by atoms with Crippen molar-refractivity contribution < 1.29 is 4.39 Å². The Morgan fingerprint density at radius 3 is 2.52 bits per heavy atom. The van der Waals surface area contributed by atoms with Crippen LogP contribution in [0.5, 0.6) is 0 Å². The van der Waals surface area contributed by atoms with E-state index in [1.54, 1.807) is 6.07 Å². The molecule has 3 N–H and O–H groups in total. The Bertz CT molecular complexity index is 608. The van der Waals surface area contributed by atoms with Gasteiger partial charge in [0, 0.05) is 5.56 Å². The van der Waals surface area contributed by atoms with E-state index in [1.165, 1.54) is 11.6 Å². The van der Waals surface area contributed by atoms with Gasteiger partial charge in [-0.3, -0.25) is 5.84 Å². The Morgan fingerprint density at radius 2 is 1.90 bits per heavy atom. The molecule has 3 heteroatoms. The van der Waals surface area contributed by atoms with Crippen molar-refractivity contribution in [3.8, 4) is 0 Å². The molecule has 2 aromatic rings. The first kappa shape index (κ1) is 15.7. The molecule has 0 aromatic heterocycles. The average Bonchev–Trinajstić information content (AvgIpc) is 2.41. The maximum atomic E-state index is 14.2. The third-order valence-electron chi connectivity index (χ3n) is 3.56. The molecule has 2 aromatic carbocycles. The summed E-state index contributed by atoms with van der Waals surface area (Å²) in [4.78, 5) is 0. The molecule has 0 aliphatic heterocycles. The van der Waals surface area contributed by atoms with Gasteiger partial charge < -0.3 is 0 Å². The summed E-state index contributed by atoms with van der Waals surface area (Å²) >= 11 is 0. The van der Waals surface area contributed by atoms with E-state index in [4.69, 9.17) is 5.84 Å². The van der Waals surface area contributed by atoms with Crippen molar-refractivity contribution in [2.75, 3.05) is 0 Å². The van der Waals surface area contributed by atoms with E-state index in [2.05, 4.69) is 31.4 Å². The van der Waals surface area contributed by atoms with Crippen LogP contribution in [-0.4, -0.2) is 0 Å². The van der Waals surface area contributed by atoms with E-state index >= 15 is 0 Å². The number of halogens is 1. The molecule has 0 saturated heterocycles. The molecule has 0 aliphatic rings. The summed E-state index contributed by atoms with van der Waals surface area (Å²) in [7, 11) is 0. The Hall–Kier alpha value is -1.71. The average molecular weight is 286 g/mol. The number of hydrogen-bond acceptors (Lipinski definition) is 2. The monoisotopic (exact) mass is 286 g/mol. The zero-order valence-corrected chi connectivity index (χ0v) is 12.9. The summed E-state index contributed by atoms with van der Waals surface area (Å²) in [5, 5.41) is 0. The molecule has 2 rings (SSSR count). The van der Waals surface area contributed by atoms with Gasteiger partial charge in [0.25, 0.3) is 0 Å². The second kappa shape index (κ2) is 6.83. The van der Waals surface area contributed by atoms with Crippen LogP contribution < -0.4 is 11.3 Å². The van der Waals surface area contributed by atoms with Crippen LogP contribution in [0.15, 0.2) is 42.5 Å². The summed E-state index contributed by atoms with van der Waals surface area (Å²) in [6, 6.07) is 13.1. The fourth-order valence-electron chi connectivity index (χ4n) is 2.60. The van der Waals surface area contributed by atoms with Crippen LogP contribution in [0.25, 0.3) is 0 Å². The Kier molecular flexibility index (Phi) is 5.10. The predicted molar refractivity (Wildman–Crippen MR) is 85.3 cm³/mol.